The first-order chi connectivity index (χ1) is 17.4. The minimum Gasteiger partial charge on any atom is -0.492 e. The molecule has 2 saturated carbocycles. The van der Waals surface area contributed by atoms with E-state index in [1.807, 2.05) is 27.1 Å². The fourth-order valence-electron chi connectivity index (χ4n) is 5.07. The van der Waals surface area contributed by atoms with Crippen molar-refractivity contribution in [3.63, 3.8) is 0 Å². The number of nitrogens with two attached hydrogens (primary N) is 1. The van der Waals surface area contributed by atoms with E-state index in [4.69, 9.17) is 15.2 Å². The van der Waals surface area contributed by atoms with Crippen LogP contribution >= 0.6 is 0 Å². The van der Waals surface area contributed by atoms with Crippen LogP contribution in [0.15, 0.2) is 42.5 Å². The molecule has 0 radical (unpaired) electrons. The van der Waals surface area contributed by atoms with Gasteiger partial charge in [-0.1, -0.05) is 24.3 Å². The lowest BCUT2D eigenvalue weighted by atomic mass is 9.92. The summed E-state index contributed by atoms with van der Waals surface area (Å²) in [4.78, 5) is 14.3. The molecule has 0 spiro atoms. The van der Waals surface area contributed by atoms with E-state index in [0.717, 1.165) is 45.7 Å². The SMILES string of the molecule is CC(OC(=O)CCc1ccc(-c2c(N)c3ccc(OCCN(C)C)cc3n2C2CCC2)cc1)C1CC1. The lowest BCUT2D eigenvalue weighted by Crippen LogP contribution is -2.19. The second kappa shape index (κ2) is 10.6. The zero-order chi connectivity index (χ0) is 25.2. The number of anilines is 1. The molecule has 0 aliphatic heterocycles. The van der Waals surface area contributed by atoms with Crippen LogP contribution in [0.4, 0.5) is 5.69 Å². The largest absolute Gasteiger partial charge is 0.492 e. The molecule has 2 aliphatic carbocycles. The predicted molar refractivity (Wildman–Crippen MR) is 145 cm³/mol. The molecule has 0 amide bonds. The van der Waals surface area contributed by atoms with E-state index in [2.05, 4.69) is 45.9 Å². The molecule has 1 aromatic heterocycles. The lowest BCUT2D eigenvalue weighted by molar-refractivity contribution is -0.149. The summed E-state index contributed by atoms with van der Waals surface area (Å²) in [5, 5.41) is 1.08. The molecule has 2 aromatic carbocycles. The van der Waals surface area contributed by atoms with Crippen molar-refractivity contribution >= 4 is 22.6 Å². The predicted octanol–water partition coefficient (Wildman–Crippen LogP) is 5.83. The number of esters is 1. The molecule has 5 rings (SSSR count). The average molecular weight is 490 g/mol. The Morgan fingerprint density at radius 2 is 1.86 bits per heavy atom. The van der Waals surface area contributed by atoms with Crippen LogP contribution in [0, 0.1) is 5.92 Å². The van der Waals surface area contributed by atoms with Gasteiger partial charge in [-0.3, -0.25) is 4.79 Å². The van der Waals surface area contributed by atoms with Crippen LogP contribution in [0.2, 0.25) is 0 Å². The van der Waals surface area contributed by atoms with Crippen LogP contribution in [0.3, 0.4) is 0 Å². The zero-order valence-electron chi connectivity index (χ0n) is 21.8. The highest BCUT2D eigenvalue weighted by atomic mass is 16.5. The van der Waals surface area contributed by atoms with Crippen LogP contribution in [0.25, 0.3) is 22.2 Å². The van der Waals surface area contributed by atoms with E-state index in [1.165, 1.54) is 32.1 Å². The van der Waals surface area contributed by atoms with Crippen LogP contribution in [-0.4, -0.2) is 48.8 Å². The van der Waals surface area contributed by atoms with Gasteiger partial charge in [-0.25, -0.2) is 0 Å². The summed E-state index contributed by atoms with van der Waals surface area (Å²) in [6.45, 7) is 3.53. The molecule has 0 bridgehead atoms. The third kappa shape index (κ3) is 5.39. The normalized spacial score (nSPS) is 16.8. The monoisotopic (exact) mass is 489 g/mol. The molecule has 1 unspecified atom stereocenters. The van der Waals surface area contributed by atoms with Crippen LogP contribution < -0.4 is 10.5 Å². The van der Waals surface area contributed by atoms with Crippen molar-refractivity contribution in [1.29, 1.82) is 0 Å². The van der Waals surface area contributed by atoms with Crippen molar-refractivity contribution in [2.24, 2.45) is 5.92 Å². The second-order valence-corrected chi connectivity index (χ2v) is 10.8. The molecular formula is C30H39N3O3. The molecule has 36 heavy (non-hydrogen) atoms. The number of benzene rings is 2. The second-order valence-electron chi connectivity index (χ2n) is 10.8. The topological polar surface area (TPSA) is 69.7 Å². The third-order valence-electron chi connectivity index (χ3n) is 7.71. The van der Waals surface area contributed by atoms with Crippen molar-refractivity contribution in [2.75, 3.05) is 33.0 Å². The first kappa shape index (κ1) is 24.7. The average Bonchev–Trinajstić information content (AvgIpc) is 3.63. The standard InChI is InChI=1S/C30H39N3O3/c1-20(22-12-13-22)36-28(34)16-9-21-7-10-23(11-8-21)30-29(31)26-15-14-25(35-18-17-32(2)3)19-27(26)33(30)24-5-4-6-24/h7-8,10-11,14-15,19-20,22,24H,4-6,9,12-13,16-18,31H2,1-3H3. The smallest absolute Gasteiger partial charge is 0.306 e. The maximum Gasteiger partial charge on any atom is 0.306 e. The number of carbonyl (C=O) groups excluding carboxylic acids is 1. The Kier molecular flexibility index (Phi) is 7.24. The van der Waals surface area contributed by atoms with Gasteiger partial charge >= 0.3 is 5.97 Å². The van der Waals surface area contributed by atoms with Gasteiger partial charge in [0.1, 0.15) is 18.5 Å². The number of nitrogen functional groups attached to an aromatic ring is 1. The first-order valence-electron chi connectivity index (χ1n) is 13.4. The van der Waals surface area contributed by atoms with Gasteiger partial charge in [0, 0.05) is 36.0 Å². The van der Waals surface area contributed by atoms with Gasteiger partial charge in [0.2, 0.25) is 0 Å². The highest BCUT2D eigenvalue weighted by Crippen LogP contribution is 2.44. The van der Waals surface area contributed by atoms with Gasteiger partial charge in [-0.2, -0.15) is 0 Å². The third-order valence-corrected chi connectivity index (χ3v) is 7.71. The number of hydrogen-bond acceptors (Lipinski definition) is 5. The van der Waals surface area contributed by atoms with Crippen molar-refractivity contribution < 1.29 is 14.3 Å². The van der Waals surface area contributed by atoms with Crippen molar-refractivity contribution in [2.45, 2.75) is 64.0 Å². The van der Waals surface area contributed by atoms with Crippen LogP contribution in [0.5, 0.6) is 5.75 Å². The summed E-state index contributed by atoms with van der Waals surface area (Å²) in [6.07, 6.45) is 7.10. The fraction of sp³-hybridized carbons (Fsp3) is 0.500. The van der Waals surface area contributed by atoms with Gasteiger partial charge < -0.3 is 24.7 Å². The molecule has 6 nitrogen and oxygen atoms in total. The number of nitrogens with zero attached hydrogens (tertiary/aromatic N) is 2. The number of hydrogen-bond donors (Lipinski definition) is 1. The minimum absolute atomic E-state index is 0.0511. The quantitative estimate of drug-likeness (QED) is 0.343. The Morgan fingerprint density at radius 1 is 1.11 bits per heavy atom. The van der Waals surface area contributed by atoms with E-state index < -0.39 is 0 Å². The fourth-order valence-corrected chi connectivity index (χ4v) is 5.07. The summed E-state index contributed by atoms with van der Waals surface area (Å²) in [5.41, 5.74) is 12.1. The van der Waals surface area contributed by atoms with E-state index in [-0.39, 0.29) is 12.1 Å². The van der Waals surface area contributed by atoms with Gasteiger partial charge in [-0.05, 0) is 83.2 Å². The number of rotatable bonds is 11. The van der Waals surface area contributed by atoms with E-state index in [9.17, 15) is 4.79 Å². The number of aromatic nitrogens is 1. The van der Waals surface area contributed by atoms with Crippen molar-refractivity contribution in [1.82, 2.24) is 9.47 Å². The molecule has 2 aliphatic rings. The summed E-state index contributed by atoms with van der Waals surface area (Å²) >= 11 is 0. The Labute approximate surface area is 214 Å². The summed E-state index contributed by atoms with van der Waals surface area (Å²) in [5.74, 6) is 1.35. The molecular weight excluding hydrogens is 450 g/mol. The van der Waals surface area contributed by atoms with Crippen LogP contribution in [0.1, 0.15) is 57.1 Å². The zero-order valence-corrected chi connectivity index (χ0v) is 21.8. The Hall–Kier alpha value is -2.99. The number of carbonyl (C=O) groups is 1. The van der Waals surface area contributed by atoms with Gasteiger partial charge in [-0.15, -0.1) is 0 Å². The lowest BCUT2D eigenvalue weighted by Gasteiger charge is -2.30. The van der Waals surface area contributed by atoms with E-state index >= 15 is 0 Å². The first-order valence-corrected chi connectivity index (χ1v) is 13.4. The molecule has 1 heterocycles. The van der Waals surface area contributed by atoms with Gasteiger partial charge in [0.05, 0.1) is 16.9 Å². The maximum atomic E-state index is 12.2. The van der Waals surface area contributed by atoms with Crippen LogP contribution in [-0.2, 0) is 16.0 Å². The van der Waals surface area contributed by atoms with Gasteiger partial charge in [0.15, 0.2) is 0 Å². The minimum atomic E-state index is -0.101. The molecule has 2 N–H and O–H groups in total. The van der Waals surface area contributed by atoms with E-state index in [0.29, 0.717) is 31.4 Å². The maximum absolute atomic E-state index is 12.2. The Morgan fingerprint density at radius 3 is 2.50 bits per heavy atom. The molecule has 3 aromatic rings. The molecule has 0 saturated heterocycles. The molecule has 6 heteroatoms. The number of likely N-dealkylation sites (N-methyl/N-ethyl adjacent to an activating group) is 1. The Bertz CT molecular complexity index is 1210. The molecule has 1 atom stereocenters. The summed E-state index contributed by atoms with van der Waals surface area (Å²) < 4.78 is 14.0. The summed E-state index contributed by atoms with van der Waals surface area (Å²) in [7, 11) is 4.10. The Balaban J connectivity index is 1.35. The highest BCUT2D eigenvalue weighted by Gasteiger charge is 2.30. The van der Waals surface area contributed by atoms with Crippen molar-refractivity contribution in [3.8, 4) is 17.0 Å². The molecule has 2 fully saturated rings. The van der Waals surface area contributed by atoms with E-state index in [1.54, 1.807) is 0 Å². The number of fused-ring (bicyclic) bond motifs is 1. The van der Waals surface area contributed by atoms with Gasteiger partial charge in [0.25, 0.3) is 0 Å². The number of ether oxygens (including phenoxy) is 2. The summed E-state index contributed by atoms with van der Waals surface area (Å²) in [6, 6.07) is 15.2. The van der Waals surface area contributed by atoms with Crippen molar-refractivity contribution in [3.05, 3.63) is 48.0 Å². The molecule has 192 valence electrons. The highest BCUT2D eigenvalue weighted by molar-refractivity contribution is 6.01. The number of aryl methyl sites for hydroxylation is 1.